The van der Waals surface area contributed by atoms with E-state index in [0.29, 0.717) is 11.8 Å². The highest BCUT2D eigenvalue weighted by Crippen LogP contribution is 2.26. The molecule has 4 nitrogen and oxygen atoms in total. The minimum atomic E-state index is -1.69. The third-order valence-corrected chi connectivity index (χ3v) is 3.83. The third-order valence-electron chi connectivity index (χ3n) is 3.83. The lowest BCUT2D eigenvalue weighted by Gasteiger charge is -2.28. The highest BCUT2D eigenvalue weighted by atomic mass is 19.2. The van der Waals surface area contributed by atoms with Crippen molar-refractivity contribution in [2.75, 3.05) is 17.3 Å². The van der Waals surface area contributed by atoms with Crippen molar-refractivity contribution in [1.82, 2.24) is 0 Å². The molecule has 2 aromatic carbocycles. The van der Waals surface area contributed by atoms with Crippen LogP contribution in [0.1, 0.15) is 13.8 Å². The largest absolute Gasteiger partial charge is 0.323 e. The van der Waals surface area contributed by atoms with Gasteiger partial charge in [0, 0.05) is 12.7 Å². The van der Waals surface area contributed by atoms with Crippen molar-refractivity contribution in [1.29, 1.82) is 0 Å². The molecule has 2 aromatic rings. The Morgan fingerprint density at radius 2 is 1.56 bits per heavy atom. The van der Waals surface area contributed by atoms with Gasteiger partial charge in [-0.2, -0.15) is 0 Å². The van der Waals surface area contributed by atoms with Gasteiger partial charge in [0.2, 0.25) is 11.8 Å². The van der Waals surface area contributed by atoms with Crippen molar-refractivity contribution in [3.05, 3.63) is 59.9 Å². The minimum absolute atomic E-state index is 0.535. The van der Waals surface area contributed by atoms with Crippen LogP contribution in [0.4, 0.5) is 24.5 Å². The summed E-state index contributed by atoms with van der Waals surface area (Å²) >= 11 is 0. The molecule has 0 aliphatic carbocycles. The summed E-state index contributed by atoms with van der Waals surface area (Å²) in [6, 6.07) is 10.2. The molecule has 25 heavy (non-hydrogen) atoms. The Morgan fingerprint density at radius 3 is 2.16 bits per heavy atom. The molecule has 0 atom stereocenters. The molecule has 0 aliphatic heterocycles. The predicted octanol–water partition coefficient (Wildman–Crippen LogP) is 3.73. The quantitative estimate of drug-likeness (QED) is 0.675. The maximum absolute atomic E-state index is 13.7. The number of para-hydroxylation sites is 1. The molecule has 2 rings (SSSR count). The Bertz CT molecular complexity index is 807. The zero-order valence-corrected chi connectivity index (χ0v) is 13.9. The van der Waals surface area contributed by atoms with Gasteiger partial charge in [-0.3, -0.25) is 9.59 Å². The van der Waals surface area contributed by atoms with Gasteiger partial charge >= 0.3 is 0 Å². The van der Waals surface area contributed by atoms with Gasteiger partial charge in [-0.15, -0.1) is 0 Å². The predicted molar refractivity (Wildman–Crippen MR) is 88.6 cm³/mol. The molecule has 0 fully saturated rings. The van der Waals surface area contributed by atoms with E-state index in [2.05, 4.69) is 5.32 Å². The van der Waals surface area contributed by atoms with E-state index in [-0.39, 0.29) is 0 Å². The molecule has 0 spiro atoms. The topological polar surface area (TPSA) is 49.4 Å². The van der Waals surface area contributed by atoms with E-state index in [1.165, 1.54) is 25.8 Å². The highest BCUT2D eigenvalue weighted by molar-refractivity contribution is 6.14. The smallest absolute Gasteiger partial charge is 0.241 e. The molecule has 7 heteroatoms. The molecule has 1 N–H and O–H groups in total. The first-order valence-electron chi connectivity index (χ1n) is 7.44. The summed E-state index contributed by atoms with van der Waals surface area (Å²) in [4.78, 5) is 26.4. The van der Waals surface area contributed by atoms with Crippen molar-refractivity contribution < 1.29 is 22.8 Å². The first kappa shape index (κ1) is 18.5. The molecule has 0 bridgehead atoms. The monoisotopic (exact) mass is 350 g/mol. The van der Waals surface area contributed by atoms with Crippen molar-refractivity contribution in [3.63, 3.8) is 0 Å². The standard InChI is InChI=1S/C18H17F3N2O2/c1-18(2,17(25)23(3)11-7-5-4-6-8-11)16(24)22-13-10-9-12(19)14(20)15(13)21/h4-10H,1-3H3,(H,22,24). The number of carbonyl (C=O) groups excluding carboxylic acids is 2. The molecule has 0 heterocycles. The number of hydrogen-bond donors (Lipinski definition) is 1. The Hall–Kier alpha value is -2.83. The minimum Gasteiger partial charge on any atom is -0.323 e. The fourth-order valence-corrected chi connectivity index (χ4v) is 2.19. The molecule has 2 amide bonds. The number of nitrogens with zero attached hydrogens (tertiary/aromatic N) is 1. The summed E-state index contributed by atoms with van der Waals surface area (Å²) in [5, 5.41) is 2.14. The van der Waals surface area contributed by atoms with Gasteiger partial charge in [-0.25, -0.2) is 13.2 Å². The second-order valence-corrected chi connectivity index (χ2v) is 6.00. The number of nitrogens with one attached hydrogen (secondary N) is 1. The van der Waals surface area contributed by atoms with E-state index in [4.69, 9.17) is 0 Å². The highest BCUT2D eigenvalue weighted by Gasteiger charge is 2.39. The van der Waals surface area contributed by atoms with Gasteiger partial charge in [0.15, 0.2) is 17.5 Å². The van der Waals surface area contributed by atoms with Crippen molar-refractivity contribution in [2.24, 2.45) is 5.41 Å². The van der Waals surface area contributed by atoms with Gasteiger partial charge in [-0.05, 0) is 38.1 Å². The number of amides is 2. The van der Waals surface area contributed by atoms with Crippen LogP contribution in [0.25, 0.3) is 0 Å². The molecule has 0 saturated carbocycles. The van der Waals surface area contributed by atoms with E-state index in [1.54, 1.807) is 30.3 Å². The van der Waals surface area contributed by atoms with Crippen molar-refractivity contribution >= 4 is 23.2 Å². The van der Waals surface area contributed by atoms with Crippen LogP contribution in [0.3, 0.4) is 0 Å². The van der Waals surface area contributed by atoms with Crippen LogP contribution >= 0.6 is 0 Å². The van der Waals surface area contributed by atoms with E-state index in [0.717, 1.165) is 6.07 Å². The van der Waals surface area contributed by atoms with Crippen molar-refractivity contribution in [2.45, 2.75) is 13.8 Å². The van der Waals surface area contributed by atoms with E-state index in [1.807, 2.05) is 0 Å². The Morgan fingerprint density at radius 1 is 0.960 bits per heavy atom. The van der Waals surface area contributed by atoms with Crippen LogP contribution in [0.5, 0.6) is 0 Å². The van der Waals surface area contributed by atoms with Gasteiger partial charge in [-0.1, -0.05) is 18.2 Å². The summed E-state index contributed by atoms with van der Waals surface area (Å²) in [5.41, 5.74) is -1.53. The molecule has 132 valence electrons. The maximum Gasteiger partial charge on any atom is 0.241 e. The average Bonchev–Trinajstić information content (AvgIpc) is 2.61. The second-order valence-electron chi connectivity index (χ2n) is 6.00. The lowest BCUT2D eigenvalue weighted by Crippen LogP contribution is -2.46. The number of halogens is 3. The van der Waals surface area contributed by atoms with E-state index in [9.17, 15) is 22.8 Å². The summed E-state index contributed by atoms with van der Waals surface area (Å²) in [7, 11) is 1.50. The molecule has 0 radical (unpaired) electrons. The zero-order valence-electron chi connectivity index (χ0n) is 13.9. The number of rotatable bonds is 4. The SMILES string of the molecule is CN(C(=O)C(C)(C)C(=O)Nc1ccc(F)c(F)c1F)c1ccccc1. The van der Waals surface area contributed by atoms with Crippen LogP contribution in [0.2, 0.25) is 0 Å². The Balaban J connectivity index is 2.22. The van der Waals surface area contributed by atoms with Gasteiger partial charge < -0.3 is 10.2 Å². The first-order chi connectivity index (χ1) is 11.7. The first-order valence-corrected chi connectivity index (χ1v) is 7.44. The van der Waals surface area contributed by atoms with E-state index >= 15 is 0 Å². The molecular weight excluding hydrogens is 333 g/mol. The molecule has 0 saturated heterocycles. The summed E-state index contributed by atoms with van der Waals surface area (Å²) in [6.45, 7) is 2.73. The van der Waals surface area contributed by atoms with E-state index < -0.39 is 40.4 Å². The van der Waals surface area contributed by atoms with Crippen LogP contribution in [0.15, 0.2) is 42.5 Å². The normalized spacial score (nSPS) is 11.1. The third kappa shape index (κ3) is 3.65. The number of hydrogen-bond acceptors (Lipinski definition) is 2. The van der Waals surface area contributed by atoms with Crippen LogP contribution in [0, 0.1) is 22.9 Å². The van der Waals surface area contributed by atoms with Gasteiger partial charge in [0.05, 0.1) is 5.69 Å². The Labute approximate surface area is 143 Å². The fraction of sp³-hybridized carbons (Fsp3) is 0.222. The number of anilines is 2. The van der Waals surface area contributed by atoms with Crippen LogP contribution < -0.4 is 10.2 Å². The molecular formula is C18H17F3N2O2. The van der Waals surface area contributed by atoms with Crippen molar-refractivity contribution in [3.8, 4) is 0 Å². The average molecular weight is 350 g/mol. The molecule has 0 unspecified atom stereocenters. The lowest BCUT2D eigenvalue weighted by atomic mass is 9.90. The summed E-state index contributed by atoms with van der Waals surface area (Å²) < 4.78 is 39.9. The Kier molecular flexibility index (Phi) is 5.15. The fourth-order valence-electron chi connectivity index (χ4n) is 2.19. The number of carbonyl (C=O) groups is 2. The zero-order chi connectivity index (χ0) is 18.8. The number of benzene rings is 2. The maximum atomic E-state index is 13.7. The second kappa shape index (κ2) is 6.96. The van der Waals surface area contributed by atoms with Crippen LogP contribution in [-0.2, 0) is 9.59 Å². The lowest BCUT2D eigenvalue weighted by molar-refractivity contribution is -0.136. The molecule has 0 aliphatic rings. The summed E-state index contributed by atoms with van der Waals surface area (Å²) in [6.07, 6.45) is 0. The summed E-state index contributed by atoms with van der Waals surface area (Å²) in [5.74, 6) is -5.96. The van der Waals surface area contributed by atoms with Gasteiger partial charge in [0.1, 0.15) is 5.41 Å². The molecule has 0 aromatic heterocycles. The van der Waals surface area contributed by atoms with Gasteiger partial charge in [0.25, 0.3) is 0 Å². The van der Waals surface area contributed by atoms with Crippen LogP contribution in [-0.4, -0.2) is 18.9 Å².